The van der Waals surface area contributed by atoms with Gasteiger partial charge in [-0.25, -0.2) is 0 Å². The minimum absolute atomic E-state index is 0.0227. The number of ether oxygens (including phenoxy) is 1. The van der Waals surface area contributed by atoms with Gasteiger partial charge in [0.05, 0.1) is 17.9 Å². The van der Waals surface area contributed by atoms with E-state index in [2.05, 4.69) is 9.59 Å². The van der Waals surface area contributed by atoms with Gasteiger partial charge in [-0.05, 0) is 32.3 Å². The number of morpholine rings is 1. The van der Waals surface area contributed by atoms with E-state index in [4.69, 9.17) is 4.74 Å². The summed E-state index contributed by atoms with van der Waals surface area (Å²) < 4.78 is 9.38. The van der Waals surface area contributed by atoms with E-state index in [0.29, 0.717) is 23.7 Å². The Kier molecular flexibility index (Phi) is 3.20. The number of hydrogen-bond acceptors (Lipinski definition) is 5. The van der Waals surface area contributed by atoms with Crippen LogP contribution in [0.2, 0.25) is 0 Å². The molecule has 2 atom stereocenters. The van der Waals surface area contributed by atoms with E-state index in [0.717, 1.165) is 11.5 Å². The topological polar surface area (TPSA) is 55.3 Å². The van der Waals surface area contributed by atoms with Gasteiger partial charge in [-0.15, -0.1) is 5.10 Å². The first-order chi connectivity index (χ1) is 7.58. The molecule has 1 aliphatic heterocycles. The molecule has 0 bridgehead atoms. The molecule has 0 aliphatic carbocycles. The monoisotopic (exact) mass is 241 g/mol. The molecule has 2 rings (SSSR count). The molecule has 88 valence electrons. The molecule has 0 radical (unpaired) electrons. The van der Waals surface area contributed by atoms with Crippen molar-refractivity contribution < 1.29 is 9.53 Å². The summed E-state index contributed by atoms with van der Waals surface area (Å²) in [5.41, 5.74) is 0.710. The van der Waals surface area contributed by atoms with E-state index in [1.54, 1.807) is 0 Å². The lowest BCUT2D eigenvalue weighted by Crippen LogP contribution is -2.48. The van der Waals surface area contributed by atoms with Crippen molar-refractivity contribution in [3.63, 3.8) is 0 Å². The maximum absolute atomic E-state index is 12.2. The van der Waals surface area contributed by atoms with E-state index < -0.39 is 0 Å². The Morgan fingerprint density at radius 1 is 1.44 bits per heavy atom. The van der Waals surface area contributed by atoms with Crippen LogP contribution in [0.15, 0.2) is 0 Å². The average Bonchev–Trinajstić information content (AvgIpc) is 2.62. The number of nitrogens with zero attached hydrogens (tertiary/aromatic N) is 3. The Morgan fingerprint density at radius 2 is 2.06 bits per heavy atom. The molecule has 16 heavy (non-hydrogen) atoms. The molecule has 2 heterocycles. The fourth-order valence-corrected chi connectivity index (χ4v) is 2.54. The number of carbonyl (C=O) groups excluding carboxylic acids is 1. The zero-order chi connectivity index (χ0) is 11.7. The minimum Gasteiger partial charge on any atom is -0.372 e. The van der Waals surface area contributed by atoms with Crippen LogP contribution in [0.5, 0.6) is 0 Å². The van der Waals surface area contributed by atoms with Crippen molar-refractivity contribution in [3.8, 4) is 0 Å². The summed E-state index contributed by atoms with van der Waals surface area (Å²) >= 11 is 1.16. The van der Waals surface area contributed by atoms with Gasteiger partial charge in [0.25, 0.3) is 5.91 Å². The van der Waals surface area contributed by atoms with Gasteiger partial charge in [0.2, 0.25) is 0 Å². The first kappa shape index (κ1) is 11.5. The number of carbonyl (C=O) groups is 1. The molecule has 0 saturated carbocycles. The molecule has 0 aromatic carbocycles. The predicted octanol–water partition coefficient (Wildman–Crippen LogP) is 1.10. The van der Waals surface area contributed by atoms with Crippen molar-refractivity contribution >= 4 is 17.4 Å². The van der Waals surface area contributed by atoms with Crippen molar-refractivity contribution in [2.24, 2.45) is 0 Å². The molecule has 1 aromatic heterocycles. The minimum atomic E-state index is 0.0227. The van der Waals surface area contributed by atoms with Crippen LogP contribution in [0.3, 0.4) is 0 Å². The molecule has 1 fully saturated rings. The van der Waals surface area contributed by atoms with Crippen LogP contribution in [-0.2, 0) is 4.74 Å². The maximum atomic E-state index is 12.2. The predicted molar refractivity (Wildman–Crippen MR) is 60.6 cm³/mol. The average molecular weight is 241 g/mol. The third-order valence-corrected chi connectivity index (χ3v) is 3.37. The Labute approximate surface area is 98.6 Å². The lowest BCUT2D eigenvalue weighted by molar-refractivity contribution is -0.0585. The van der Waals surface area contributed by atoms with Gasteiger partial charge in [0, 0.05) is 13.1 Å². The van der Waals surface area contributed by atoms with Gasteiger partial charge in [-0.2, -0.15) is 0 Å². The molecule has 1 aliphatic rings. The summed E-state index contributed by atoms with van der Waals surface area (Å²) in [6.07, 6.45) is 0.183. The highest BCUT2D eigenvalue weighted by Crippen LogP contribution is 2.17. The summed E-state index contributed by atoms with van der Waals surface area (Å²) in [6, 6.07) is 0. The highest BCUT2D eigenvalue weighted by molar-refractivity contribution is 7.07. The van der Waals surface area contributed by atoms with Gasteiger partial charge in [0.1, 0.15) is 4.88 Å². The van der Waals surface area contributed by atoms with Crippen molar-refractivity contribution in [1.29, 1.82) is 0 Å². The van der Waals surface area contributed by atoms with E-state index in [9.17, 15) is 4.79 Å². The molecule has 6 heteroatoms. The summed E-state index contributed by atoms with van der Waals surface area (Å²) in [7, 11) is 0. The molecule has 1 amide bonds. The van der Waals surface area contributed by atoms with Crippen LogP contribution >= 0.6 is 11.5 Å². The molecular weight excluding hydrogens is 226 g/mol. The fourth-order valence-electron chi connectivity index (χ4n) is 1.92. The van der Waals surface area contributed by atoms with Crippen LogP contribution in [0.1, 0.15) is 29.2 Å². The number of aryl methyl sites for hydroxylation is 1. The SMILES string of the molecule is Cc1nnsc1C(=O)N1C[C@H](C)O[C@@H](C)C1. The van der Waals surface area contributed by atoms with Gasteiger partial charge in [-0.3, -0.25) is 4.79 Å². The van der Waals surface area contributed by atoms with E-state index >= 15 is 0 Å². The number of amides is 1. The lowest BCUT2D eigenvalue weighted by Gasteiger charge is -2.35. The standard InChI is InChI=1S/C10H15N3O2S/c1-6-4-13(5-7(2)15-6)10(14)9-8(3)11-12-16-9/h6-7H,4-5H2,1-3H3/t6-,7-/m0/s1. The van der Waals surface area contributed by atoms with Gasteiger partial charge < -0.3 is 9.64 Å². The number of aromatic nitrogens is 2. The Bertz CT molecular complexity index is 383. The molecule has 5 nitrogen and oxygen atoms in total. The van der Waals surface area contributed by atoms with Crippen molar-refractivity contribution in [2.75, 3.05) is 13.1 Å². The Hall–Kier alpha value is -1.01. The molecule has 1 saturated heterocycles. The van der Waals surface area contributed by atoms with E-state index in [1.807, 2.05) is 25.7 Å². The third-order valence-electron chi connectivity index (χ3n) is 2.55. The second kappa shape index (κ2) is 4.47. The second-order valence-corrected chi connectivity index (χ2v) is 4.91. The summed E-state index contributed by atoms with van der Waals surface area (Å²) in [5, 5.41) is 3.86. The van der Waals surface area contributed by atoms with E-state index in [-0.39, 0.29) is 18.1 Å². The zero-order valence-electron chi connectivity index (χ0n) is 9.64. The molecule has 1 aromatic rings. The fraction of sp³-hybridized carbons (Fsp3) is 0.700. The summed E-state index contributed by atoms with van der Waals surface area (Å²) in [5.74, 6) is 0.0227. The van der Waals surface area contributed by atoms with Crippen LogP contribution in [0.4, 0.5) is 0 Å². The van der Waals surface area contributed by atoms with Crippen LogP contribution < -0.4 is 0 Å². The quantitative estimate of drug-likeness (QED) is 0.738. The van der Waals surface area contributed by atoms with Crippen molar-refractivity contribution in [2.45, 2.75) is 33.0 Å². The van der Waals surface area contributed by atoms with Gasteiger partial charge in [-0.1, -0.05) is 4.49 Å². The Balaban J connectivity index is 2.13. The highest BCUT2D eigenvalue weighted by atomic mass is 32.1. The number of hydrogen-bond donors (Lipinski definition) is 0. The first-order valence-electron chi connectivity index (χ1n) is 5.31. The van der Waals surface area contributed by atoms with Crippen LogP contribution in [-0.4, -0.2) is 45.7 Å². The van der Waals surface area contributed by atoms with Crippen LogP contribution in [0.25, 0.3) is 0 Å². The van der Waals surface area contributed by atoms with Crippen LogP contribution in [0, 0.1) is 6.92 Å². The van der Waals surface area contributed by atoms with Gasteiger partial charge >= 0.3 is 0 Å². The third kappa shape index (κ3) is 2.22. The zero-order valence-corrected chi connectivity index (χ0v) is 10.5. The van der Waals surface area contributed by atoms with Gasteiger partial charge in [0.15, 0.2) is 0 Å². The Morgan fingerprint density at radius 3 is 2.56 bits per heavy atom. The normalized spacial score (nSPS) is 25.8. The largest absolute Gasteiger partial charge is 0.372 e. The summed E-state index contributed by atoms with van der Waals surface area (Å²) in [6.45, 7) is 7.05. The smallest absolute Gasteiger partial charge is 0.267 e. The number of rotatable bonds is 1. The van der Waals surface area contributed by atoms with Crippen molar-refractivity contribution in [1.82, 2.24) is 14.5 Å². The van der Waals surface area contributed by atoms with Crippen molar-refractivity contribution in [3.05, 3.63) is 10.6 Å². The molecular formula is C10H15N3O2S. The maximum Gasteiger partial charge on any atom is 0.267 e. The lowest BCUT2D eigenvalue weighted by atomic mass is 10.2. The van der Waals surface area contributed by atoms with E-state index in [1.165, 1.54) is 0 Å². The first-order valence-corrected chi connectivity index (χ1v) is 6.09. The highest BCUT2D eigenvalue weighted by Gasteiger charge is 2.28. The second-order valence-electron chi connectivity index (χ2n) is 4.15. The molecule has 0 N–H and O–H groups in total. The molecule has 0 unspecified atom stereocenters. The summed E-state index contributed by atoms with van der Waals surface area (Å²) in [4.78, 5) is 14.6. The molecule has 0 spiro atoms.